The van der Waals surface area contributed by atoms with Crippen LogP contribution in [-0.4, -0.2) is 16.8 Å². The first-order valence-corrected chi connectivity index (χ1v) is 6.93. The Bertz CT molecular complexity index is 683. The fraction of sp³-hybridized carbons (Fsp3) is 0.125. The number of benzene rings is 2. The van der Waals surface area contributed by atoms with Crippen molar-refractivity contribution in [2.75, 3.05) is 5.01 Å². The molecular formula is C16H13ClN2O2. The highest BCUT2D eigenvalue weighted by atomic mass is 35.5. The average Bonchev–Trinajstić information content (AvgIpc) is 2.94. The monoisotopic (exact) mass is 300 g/mol. The number of halogens is 1. The highest BCUT2D eigenvalue weighted by Gasteiger charge is 2.32. The molecule has 1 heterocycles. The number of hydrazone groups is 1. The minimum atomic E-state index is -0.979. The maximum absolute atomic E-state index is 11.2. The maximum atomic E-state index is 11.2. The van der Waals surface area contributed by atoms with Crippen molar-refractivity contribution in [3.05, 3.63) is 65.2 Å². The van der Waals surface area contributed by atoms with Gasteiger partial charge in [-0.3, -0.25) is 5.01 Å². The van der Waals surface area contributed by atoms with Gasteiger partial charge in [0.1, 0.15) is 5.71 Å². The third-order valence-corrected chi connectivity index (χ3v) is 3.68. The van der Waals surface area contributed by atoms with E-state index >= 15 is 0 Å². The van der Waals surface area contributed by atoms with Crippen LogP contribution in [0, 0.1) is 0 Å². The Hall–Kier alpha value is -2.33. The standard InChI is InChI=1S/C16H13ClN2O2/c17-12-6-8-13(9-7-12)19-15(10-14(18-19)16(20)21)11-4-2-1-3-5-11/h1-9,15H,10H2,(H,20,21). The Labute approximate surface area is 127 Å². The van der Waals surface area contributed by atoms with Crippen LogP contribution in [0.5, 0.6) is 0 Å². The Morgan fingerprint density at radius 3 is 2.43 bits per heavy atom. The van der Waals surface area contributed by atoms with Gasteiger partial charge in [0.15, 0.2) is 0 Å². The first-order valence-electron chi connectivity index (χ1n) is 6.55. The van der Waals surface area contributed by atoms with E-state index in [2.05, 4.69) is 5.10 Å². The van der Waals surface area contributed by atoms with Gasteiger partial charge in [0, 0.05) is 11.4 Å². The number of hydrogen-bond acceptors (Lipinski definition) is 3. The largest absolute Gasteiger partial charge is 0.477 e. The number of rotatable bonds is 3. The molecule has 0 saturated heterocycles. The van der Waals surface area contributed by atoms with Crippen LogP contribution in [0.15, 0.2) is 59.7 Å². The van der Waals surface area contributed by atoms with E-state index in [0.717, 1.165) is 11.3 Å². The lowest BCUT2D eigenvalue weighted by molar-refractivity contribution is -0.129. The smallest absolute Gasteiger partial charge is 0.352 e. The lowest BCUT2D eigenvalue weighted by Gasteiger charge is -2.23. The average molecular weight is 301 g/mol. The second-order valence-electron chi connectivity index (χ2n) is 4.80. The van der Waals surface area contributed by atoms with E-state index in [4.69, 9.17) is 11.6 Å². The molecule has 0 spiro atoms. The lowest BCUT2D eigenvalue weighted by atomic mass is 10.0. The van der Waals surface area contributed by atoms with Crippen molar-refractivity contribution in [2.45, 2.75) is 12.5 Å². The molecule has 0 saturated carbocycles. The van der Waals surface area contributed by atoms with Crippen molar-refractivity contribution in [3.8, 4) is 0 Å². The van der Waals surface area contributed by atoms with E-state index in [-0.39, 0.29) is 11.8 Å². The van der Waals surface area contributed by atoms with Crippen LogP contribution in [0.3, 0.4) is 0 Å². The number of hydrogen-bond donors (Lipinski definition) is 1. The second-order valence-corrected chi connectivity index (χ2v) is 5.24. The molecule has 106 valence electrons. The zero-order chi connectivity index (χ0) is 14.8. The summed E-state index contributed by atoms with van der Waals surface area (Å²) in [6, 6.07) is 16.9. The number of carbonyl (C=O) groups is 1. The molecular weight excluding hydrogens is 288 g/mol. The Morgan fingerprint density at radius 1 is 1.14 bits per heavy atom. The molecule has 0 radical (unpaired) electrons. The summed E-state index contributed by atoms with van der Waals surface area (Å²) >= 11 is 5.90. The Kier molecular flexibility index (Phi) is 3.62. The van der Waals surface area contributed by atoms with E-state index in [1.807, 2.05) is 42.5 Å². The van der Waals surface area contributed by atoms with E-state index in [1.165, 1.54) is 0 Å². The van der Waals surface area contributed by atoms with Crippen molar-refractivity contribution < 1.29 is 9.90 Å². The van der Waals surface area contributed by atoms with Gasteiger partial charge in [-0.25, -0.2) is 4.79 Å². The first-order chi connectivity index (χ1) is 10.1. The molecule has 5 heteroatoms. The quantitative estimate of drug-likeness (QED) is 0.939. The molecule has 0 fully saturated rings. The number of nitrogens with zero attached hydrogens (tertiary/aromatic N) is 2. The van der Waals surface area contributed by atoms with Gasteiger partial charge in [0.25, 0.3) is 0 Å². The van der Waals surface area contributed by atoms with Crippen LogP contribution in [0.1, 0.15) is 18.0 Å². The molecule has 4 nitrogen and oxygen atoms in total. The van der Waals surface area contributed by atoms with Gasteiger partial charge in [-0.1, -0.05) is 41.9 Å². The van der Waals surface area contributed by atoms with Gasteiger partial charge >= 0.3 is 5.97 Å². The van der Waals surface area contributed by atoms with Gasteiger partial charge in [-0.15, -0.1) is 0 Å². The number of aliphatic carboxylic acids is 1. The molecule has 0 aliphatic carbocycles. The molecule has 3 rings (SSSR count). The highest BCUT2D eigenvalue weighted by Crippen LogP contribution is 2.35. The topological polar surface area (TPSA) is 52.9 Å². The molecule has 1 aliphatic heterocycles. The number of carboxylic acids is 1. The summed E-state index contributed by atoms with van der Waals surface area (Å²) in [6.45, 7) is 0. The third-order valence-electron chi connectivity index (χ3n) is 3.43. The van der Waals surface area contributed by atoms with Crippen LogP contribution < -0.4 is 5.01 Å². The third kappa shape index (κ3) is 2.76. The lowest BCUT2D eigenvalue weighted by Crippen LogP contribution is -2.18. The van der Waals surface area contributed by atoms with Crippen LogP contribution in [0.4, 0.5) is 5.69 Å². The zero-order valence-corrected chi connectivity index (χ0v) is 11.9. The van der Waals surface area contributed by atoms with Crippen LogP contribution in [0.25, 0.3) is 0 Å². The van der Waals surface area contributed by atoms with Crippen molar-refractivity contribution in [1.29, 1.82) is 0 Å². The fourth-order valence-electron chi connectivity index (χ4n) is 2.41. The van der Waals surface area contributed by atoms with Crippen molar-refractivity contribution >= 4 is 29.0 Å². The van der Waals surface area contributed by atoms with E-state index in [0.29, 0.717) is 11.4 Å². The molecule has 1 atom stereocenters. The van der Waals surface area contributed by atoms with Crippen LogP contribution in [-0.2, 0) is 4.79 Å². The normalized spacial score (nSPS) is 17.7. The summed E-state index contributed by atoms with van der Waals surface area (Å²) in [5.74, 6) is -0.979. The summed E-state index contributed by atoms with van der Waals surface area (Å²) in [5, 5.41) is 15.8. The highest BCUT2D eigenvalue weighted by molar-refractivity contribution is 6.36. The minimum absolute atomic E-state index is 0.113. The summed E-state index contributed by atoms with van der Waals surface area (Å²) in [6.07, 6.45) is 0.377. The molecule has 1 aliphatic rings. The SMILES string of the molecule is O=C(O)C1=NN(c2ccc(Cl)cc2)C(c2ccccc2)C1. The minimum Gasteiger partial charge on any atom is -0.477 e. The molecule has 1 N–H and O–H groups in total. The second kappa shape index (κ2) is 5.58. The van der Waals surface area contributed by atoms with E-state index < -0.39 is 5.97 Å². The van der Waals surface area contributed by atoms with E-state index in [9.17, 15) is 9.90 Å². The summed E-state index contributed by atoms with van der Waals surface area (Å²) < 4.78 is 0. The van der Waals surface area contributed by atoms with Gasteiger partial charge in [0.05, 0.1) is 11.7 Å². The van der Waals surface area contributed by atoms with Gasteiger partial charge in [-0.05, 0) is 29.8 Å². The number of anilines is 1. The first kappa shape index (κ1) is 13.6. The van der Waals surface area contributed by atoms with Gasteiger partial charge in [0.2, 0.25) is 0 Å². The van der Waals surface area contributed by atoms with Crippen molar-refractivity contribution in [2.24, 2.45) is 5.10 Å². The fourth-order valence-corrected chi connectivity index (χ4v) is 2.53. The maximum Gasteiger partial charge on any atom is 0.352 e. The molecule has 0 amide bonds. The number of carboxylic acid groups (broad SMARTS) is 1. The molecule has 0 bridgehead atoms. The predicted octanol–water partition coefficient (Wildman–Crippen LogP) is 3.73. The molecule has 0 aromatic heterocycles. The summed E-state index contributed by atoms with van der Waals surface area (Å²) in [4.78, 5) is 11.2. The molecule has 21 heavy (non-hydrogen) atoms. The molecule has 2 aromatic carbocycles. The van der Waals surface area contributed by atoms with E-state index in [1.54, 1.807) is 17.1 Å². The summed E-state index contributed by atoms with van der Waals surface area (Å²) in [5.41, 5.74) is 2.02. The van der Waals surface area contributed by atoms with Crippen LogP contribution in [0.2, 0.25) is 5.02 Å². The van der Waals surface area contributed by atoms with Crippen LogP contribution >= 0.6 is 11.6 Å². The molecule has 2 aromatic rings. The van der Waals surface area contributed by atoms with Crippen molar-refractivity contribution in [1.82, 2.24) is 0 Å². The zero-order valence-electron chi connectivity index (χ0n) is 11.1. The van der Waals surface area contributed by atoms with Gasteiger partial charge < -0.3 is 5.11 Å². The van der Waals surface area contributed by atoms with Crippen molar-refractivity contribution in [3.63, 3.8) is 0 Å². The molecule has 1 unspecified atom stereocenters. The predicted molar refractivity (Wildman–Crippen MR) is 82.8 cm³/mol. The Morgan fingerprint density at radius 2 is 1.81 bits per heavy atom. The summed E-state index contributed by atoms with van der Waals surface area (Å²) in [7, 11) is 0. The Balaban J connectivity index is 2.00. The van der Waals surface area contributed by atoms with Gasteiger partial charge in [-0.2, -0.15) is 5.10 Å².